The number of carbonyl (C=O) groups excluding carboxylic acids is 1. The molecular formula is C14H23N5O2. The number of hydrogen-bond acceptors (Lipinski definition) is 5. The third-order valence-electron chi connectivity index (χ3n) is 4.07. The van der Waals surface area contributed by atoms with Gasteiger partial charge in [-0.2, -0.15) is 0 Å². The number of morpholine rings is 1. The molecular weight excluding hydrogens is 270 g/mol. The molecule has 1 aliphatic carbocycles. The van der Waals surface area contributed by atoms with Crippen LogP contribution in [0.15, 0.2) is 6.20 Å². The molecule has 1 aliphatic heterocycles. The van der Waals surface area contributed by atoms with Crippen molar-refractivity contribution in [2.24, 2.45) is 5.92 Å². The minimum absolute atomic E-state index is 0.0840. The third-order valence-corrected chi connectivity index (χ3v) is 4.07. The lowest BCUT2D eigenvalue weighted by atomic mass is 10.2. The Bertz CT molecular complexity index is 479. The summed E-state index contributed by atoms with van der Waals surface area (Å²) in [7, 11) is 0. The molecule has 1 atom stereocenters. The Hall–Kier alpha value is -1.47. The van der Waals surface area contributed by atoms with Crippen molar-refractivity contribution in [3.63, 3.8) is 0 Å². The number of aromatic nitrogens is 3. The van der Waals surface area contributed by atoms with Gasteiger partial charge in [0.1, 0.15) is 6.04 Å². The monoisotopic (exact) mass is 293 g/mol. The van der Waals surface area contributed by atoms with Crippen molar-refractivity contribution < 1.29 is 9.53 Å². The van der Waals surface area contributed by atoms with E-state index in [1.807, 2.05) is 18.0 Å². The SMILES string of the molecule is CC(C(=O)N1CCOCC1)n1cc(CNCC2CC2)nn1. The summed E-state index contributed by atoms with van der Waals surface area (Å²) in [5.74, 6) is 0.933. The highest BCUT2D eigenvalue weighted by molar-refractivity contribution is 5.80. The van der Waals surface area contributed by atoms with E-state index in [9.17, 15) is 4.79 Å². The van der Waals surface area contributed by atoms with Gasteiger partial charge in [-0.05, 0) is 32.2 Å². The number of nitrogens with zero attached hydrogens (tertiary/aromatic N) is 4. The molecule has 0 radical (unpaired) electrons. The maximum absolute atomic E-state index is 12.4. The van der Waals surface area contributed by atoms with Crippen molar-refractivity contribution in [1.29, 1.82) is 0 Å². The molecule has 1 saturated carbocycles. The van der Waals surface area contributed by atoms with Gasteiger partial charge in [0.05, 0.1) is 25.1 Å². The number of ether oxygens (including phenoxy) is 1. The van der Waals surface area contributed by atoms with Crippen LogP contribution >= 0.6 is 0 Å². The van der Waals surface area contributed by atoms with Crippen molar-refractivity contribution >= 4 is 5.91 Å². The first-order valence-corrected chi connectivity index (χ1v) is 7.72. The summed E-state index contributed by atoms with van der Waals surface area (Å²) in [6.07, 6.45) is 4.54. The standard InChI is InChI=1S/C14H23N5O2/c1-11(14(20)18-4-6-21-7-5-18)19-10-13(16-17-19)9-15-8-12-2-3-12/h10-12,15H,2-9H2,1H3. The molecule has 0 bridgehead atoms. The lowest BCUT2D eigenvalue weighted by Gasteiger charge is -2.29. The molecule has 3 rings (SSSR count). The predicted molar refractivity (Wildman–Crippen MR) is 76.6 cm³/mol. The molecule has 116 valence electrons. The molecule has 1 amide bonds. The first-order valence-electron chi connectivity index (χ1n) is 7.72. The van der Waals surface area contributed by atoms with E-state index in [2.05, 4.69) is 15.6 Å². The summed E-state index contributed by atoms with van der Waals surface area (Å²) in [5.41, 5.74) is 0.886. The van der Waals surface area contributed by atoms with Crippen LogP contribution < -0.4 is 5.32 Å². The van der Waals surface area contributed by atoms with E-state index in [1.54, 1.807) is 4.68 Å². The summed E-state index contributed by atoms with van der Waals surface area (Å²) < 4.78 is 6.93. The van der Waals surface area contributed by atoms with Gasteiger partial charge in [-0.15, -0.1) is 5.10 Å². The van der Waals surface area contributed by atoms with E-state index >= 15 is 0 Å². The molecule has 2 heterocycles. The van der Waals surface area contributed by atoms with E-state index in [1.165, 1.54) is 12.8 Å². The van der Waals surface area contributed by atoms with Crippen LogP contribution in [0.4, 0.5) is 0 Å². The summed E-state index contributed by atoms with van der Waals surface area (Å²) in [5, 5.41) is 11.6. The molecule has 2 aliphatic rings. The fraction of sp³-hybridized carbons (Fsp3) is 0.786. The maximum atomic E-state index is 12.4. The molecule has 1 aromatic rings. The van der Waals surface area contributed by atoms with Crippen LogP contribution in [0.2, 0.25) is 0 Å². The Morgan fingerprint density at radius 1 is 1.48 bits per heavy atom. The van der Waals surface area contributed by atoms with E-state index in [-0.39, 0.29) is 11.9 Å². The van der Waals surface area contributed by atoms with Crippen LogP contribution in [0.1, 0.15) is 31.5 Å². The first-order chi connectivity index (χ1) is 10.2. The van der Waals surface area contributed by atoms with Gasteiger partial charge in [0.2, 0.25) is 5.91 Å². The Kier molecular flexibility index (Phi) is 4.50. The molecule has 7 nitrogen and oxygen atoms in total. The molecule has 1 aromatic heterocycles. The van der Waals surface area contributed by atoms with E-state index in [0.717, 1.165) is 24.7 Å². The van der Waals surface area contributed by atoms with Gasteiger partial charge < -0.3 is 15.0 Å². The zero-order valence-corrected chi connectivity index (χ0v) is 12.5. The second-order valence-corrected chi connectivity index (χ2v) is 5.88. The van der Waals surface area contributed by atoms with Crippen LogP contribution in [0.5, 0.6) is 0 Å². The van der Waals surface area contributed by atoms with E-state index < -0.39 is 0 Å². The van der Waals surface area contributed by atoms with Crippen LogP contribution in [0, 0.1) is 5.92 Å². The quantitative estimate of drug-likeness (QED) is 0.811. The number of hydrogen-bond donors (Lipinski definition) is 1. The fourth-order valence-electron chi connectivity index (χ4n) is 2.47. The van der Waals surface area contributed by atoms with Gasteiger partial charge in [0.25, 0.3) is 0 Å². The van der Waals surface area contributed by atoms with Gasteiger partial charge in [-0.25, -0.2) is 4.68 Å². The highest BCUT2D eigenvalue weighted by atomic mass is 16.5. The molecule has 7 heteroatoms. The van der Waals surface area contributed by atoms with Crippen molar-refractivity contribution in [2.45, 2.75) is 32.4 Å². The summed E-state index contributed by atoms with van der Waals surface area (Å²) >= 11 is 0. The second-order valence-electron chi connectivity index (χ2n) is 5.88. The third kappa shape index (κ3) is 3.79. The Balaban J connectivity index is 1.52. The highest BCUT2D eigenvalue weighted by Crippen LogP contribution is 2.27. The number of rotatable bonds is 6. The van der Waals surface area contributed by atoms with E-state index in [0.29, 0.717) is 26.3 Å². The smallest absolute Gasteiger partial charge is 0.247 e. The van der Waals surface area contributed by atoms with E-state index in [4.69, 9.17) is 4.74 Å². The zero-order valence-electron chi connectivity index (χ0n) is 12.5. The Morgan fingerprint density at radius 3 is 2.95 bits per heavy atom. The van der Waals surface area contributed by atoms with Crippen LogP contribution in [0.3, 0.4) is 0 Å². The number of nitrogens with one attached hydrogen (secondary N) is 1. The lowest BCUT2D eigenvalue weighted by molar-refractivity contribution is -0.138. The topological polar surface area (TPSA) is 72.3 Å². The minimum Gasteiger partial charge on any atom is -0.378 e. The largest absolute Gasteiger partial charge is 0.378 e. The van der Waals surface area contributed by atoms with Gasteiger partial charge in [0.15, 0.2) is 0 Å². The fourth-order valence-corrected chi connectivity index (χ4v) is 2.47. The zero-order chi connectivity index (χ0) is 14.7. The van der Waals surface area contributed by atoms with Crippen molar-refractivity contribution in [1.82, 2.24) is 25.2 Å². The average Bonchev–Trinajstić information content (AvgIpc) is 3.23. The molecule has 0 spiro atoms. The molecule has 2 fully saturated rings. The van der Waals surface area contributed by atoms with Crippen LogP contribution in [0.25, 0.3) is 0 Å². The van der Waals surface area contributed by atoms with Gasteiger partial charge in [0, 0.05) is 19.6 Å². The lowest BCUT2D eigenvalue weighted by Crippen LogP contribution is -2.43. The van der Waals surface area contributed by atoms with Gasteiger partial charge in [-0.3, -0.25) is 4.79 Å². The second kappa shape index (κ2) is 6.53. The Labute approximate surface area is 124 Å². The van der Waals surface area contributed by atoms with Crippen molar-refractivity contribution in [3.8, 4) is 0 Å². The Morgan fingerprint density at radius 2 is 2.24 bits per heavy atom. The minimum atomic E-state index is -0.312. The van der Waals surface area contributed by atoms with Crippen molar-refractivity contribution in [2.75, 3.05) is 32.8 Å². The first kappa shape index (κ1) is 14.5. The number of amides is 1. The van der Waals surface area contributed by atoms with Crippen LogP contribution in [-0.2, 0) is 16.1 Å². The summed E-state index contributed by atoms with van der Waals surface area (Å²) in [6.45, 7) is 6.19. The van der Waals surface area contributed by atoms with Gasteiger partial charge >= 0.3 is 0 Å². The molecule has 1 saturated heterocycles. The maximum Gasteiger partial charge on any atom is 0.247 e. The normalized spacial score (nSPS) is 20.5. The predicted octanol–water partition coefficient (Wildman–Crippen LogP) is 0.198. The summed E-state index contributed by atoms with van der Waals surface area (Å²) in [4.78, 5) is 14.2. The molecule has 1 N–H and O–H groups in total. The summed E-state index contributed by atoms with van der Waals surface area (Å²) in [6, 6.07) is -0.312. The average molecular weight is 293 g/mol. The van der Waals surface area contributed by atoms with Crippen LogP contribution in [-0.4, -0.2) is 58.6 Å². The van der Waals surface area contributed by atoms with Gasteiger partial charge in [-0.1, -0.05) is 5.21 Å². The van der Waals surface area contributed by atoms with Crippen molar-refractivity contribution in [3.05, 3.63) is 11.9 Å². The molecule has 21 heavy (non-hydrogen) atoms. The highest BCUT2D eigenvalue weighted by Gasteiger charge is 2.24. The molecule has 1 unspecified atom stereocenters. The number of carbonyl (C=O) groups is 1. The molecule has 0 aromatic carbocycles.